The molecule has 0 aliphatic carbocycles. The van der Waals surface area contributed by atoms with E-state index in [9.17, 15) is 0 Å². The summed E-state index contributed by atoms with van der Waals surface area (Å²) in [4.78, 5) is 0. The van der Waals surface area contributed by atoms with Gasteiger partial charge >= 0.3 is 0 Å². The molecule has 138 valence electrons. The lowest BCUT2D eigenvalue weighted by Crippen LogP contribution is -2.34. The summed E-state index contributed by atoms with van der Waals surface area (Å²) in [6, 6.07) is 5.44. The second kappa shape index (κ2) is 9.22. The van der Waals surface area contributed by atoms with Crippen molar-refractivity contribution in [3.8, 4) is 5.75 Å². The highest BCUT2D eigenvalue weighted by Crippen LogP contribution is 2.29. The molecular formula is C19H30N4O2. The quantitative estimate of drug-likeness (QED) is 0.313. The van der Waals surface area contributed by atoms with Crippen molar-refractivity contribution in [2.75, 3.05) is 14.2 Å². The molecule has 0 saturated carbocycles. The third-order valence-electron chi connectivity index (χ3n) is 3.89. The summed E-state index contributed by atoms with van der Waals surface area (Å²) < 4.78 is 10.8. The van der Waals surface area contributed by atoms with Gasteiger partial charge in [0.15, 0.2) is 12.1 Å². The van der Waals surface area contributed by atoms with Crippen LogP contribution in [0.4, 0.5) is 0 Å². The van der Waals surface area contributed by atoms with Gasteiger partial charge < -0.3 is 15.2 Å². The van der Waals surface area contributed by atoms with Gasteiger partial charge in [-0.3, -0.25) is 16.1 Å². The molecule has 1 aromatic carbocycles. The summed E-state index contributed by atoms with van der Waals surface area (Å²) in [6.45, 7) is 5.95. The number of benzene rings is 1. The van der Waals surface area contributed by atoms with Crippen LogP contribution < -0.4 is 15.8 Å². The Labute approximate surface area is 150 Å². The molecule has 0 radical (unpaired) electrons. The average molecular weight is 346 g/mol. The Morgan fingerprint density at radius 3 is 2.56 bits per heavy atom. The maximum atomic E-state index is 7.56. The number of hydrogen-bond acceptors (Lipinski definition) is 5. The Balaban J connectivity index is 2.82. The molecular weight excluding hydrogens is 316 g/mol. The van der Waals surface area contributed by atoms with E-state index in [0.29, 0.717) is 5.56 Å². The Hall–Kier alpha value is -2.34. The summed E-state index contributed by atoms with van der Waals surface area (Å²) >= 11 is 0. The lowest BCUT2D eigenvalue weighted by Gasteiger charge is -2.28. The Morgan fingerprint density at radius 2 is 2.04 bits per heavy atom. The number of allylic oxidation sites excluding steroid dienone is 1. The van der Waals surface area contributed by atoms with Crippen LogP contribution in [0.3, 0.4) is 0 Å². The molecule has 1 aromatic rings. The van der Waals surface area contributed by atoms with E-state index in [0.717, 1.165) is 24.2 Å². The van der Waals surface area contributed by atoms with Crippen molar-refractivity contribution in [3.05, 3.63) is 35.4 Å². The van der Waals surface area contributed by atoms with Gasteiger partial charge in [-0.1, -0.05) is 26.0 Å². The fourth-order valence-electron chi connectivity index (χ4n) is 2.54. The number of methoxy groups -OCH3 is 1. The van der Waals surface area contributed by atoms with Crippen LogP contribution >= 0.6 is 0 Å². The minimum atomic E-state index is -0.184. The minimum absolute atomic E-state index is 0.00888. The monoisotopic (exact) mass is 346 g/mol. The molecule has 0 aliphatic heterocycles. The molecule has 0 spiro atoms. The van der Waals surface area contributed by atoms with Crippen molar-refractivity contribution in [2.45, 2.75) is 39.8 Å². The molecule has 0 aromatic heterocycles. The standard InChI is InChI=1S/C19H30N4O2/c1-13(20)25-17(23-4)12-19(2,3)10-6-7-14-11-15(18(21)22)8-9-16(14)24-5/h6-9,11,17,20,23H,10,12H2,1-5H3,(H3,21,22)/b7-6+,20-13?. The van der Waals surface area contributed by atoms with Crippen LogP contribution in [0.5, 0.6) is 5.75 Å². The predicted molar refractivity (Wildman–Crippen MR) is 103 cm³/mol. The number of amidine groups is 1. The summed E-state index contributed by atoms with van der Waals surface area (Å²) in [5, 5.41) is 18.1. The van der Waals surface area contributed by atoms with E-state index < -0.39 is 0 Å². The second-order valence-corrected chi connectivity index (χ2v) is 6.80. The van der Waals surface area contributed by atoms with Crippen molar-refractivity contribution in [2.24, 2.45) is 11.1 Å². The van der Waals surface area contributed by atoms with E-state index in [1.807, 2.05) is 25.3 Å². The Morgan fingerprint density at radius 1 is 1.36 bits per heavy atom. The first kappa shape index (κ1) is 20.7. The summed E-state index contributed by atoms with van der Waals surface area (Å²) in [5.74, 6) is 0.986. The molecule has 1 unspecified atom stereocenters. The normalized spacial score (nSPS) is 12.8. The van der Waals surface area contributed by atoms with E-state index in [1.165, 1.54) is 0 Å². The molecule has 6 heteroatoms. The fourth-order valence-corrected chi connectivity index (χ4v) is 2.54. The van der Waals surface area contributed by atoms with Crippen LogP contribution in [0, 0.1) is 16.2 Å². The largest absolute Gasteiger partial charge is 0.496 e. The van der Waals surface area contributed by atoms with Crippen LogP contribution in [-0.4, -0.2) is 32.1 Å². The van der Waals surface area contributed by atoms with Crippen LogP contribution in [0.15, 0.2) is 24.3 Å². The molecule has 25 heavy (non-hydrogen) atoms. The molecule has 6 nitrogen and oxygen atoms in total. The zero-order valence-electron chi connectivity index (χ0n) is 15.8. The van der Waals surface area contributed by atoms with Crippen LogP contribution in [0.1, 0.15) is 44.7 Å². The number of nitrogens with two attached hydrogens (primary N) is 1. The second-order valence-electron chi connectivity index (χ2n) is 6.80. The average Bonchev–Trinajstić information content (AvgIpc) is 2.53. The maximum Gasteiger partial charge on any atom is 0.179 e. The fraction of sp³-hybridized carbons (Fsp3) is 0.474. The third kappa shape index (κ3) is 6.97. The molecule has 1 rings (SSSR count). The van der Waals surface area contributed by atoms with Gasteiger partial charge in [-0.25, -0.2) is 0 Å². The number of ether oxygens (including phenoxy) is 2. The summed E-state index contributed by atoms with van der Waals surface area (Å²) in [5.41, 5.74) is 7.12. The molecule has 0 aliphatic rings. The first-order valence-corrected chi connectivity index (χ1v) is 8.26. The lowest BCUT2D eigenvalue weighted by molar-refractivity contribution is 0.102. The van der Waals surface area contributed by atoms with Gasteiger partial charge in [0.2, 0.25) is 0 Å². The van der Waals surface area contributed by atoms with Crippen molar-refractivity contribution < 1.29 is 9.47 Å². The highest BCUT2D eigenvalue weighted by atomic mass is 16.5. The summed E-state index contributed by atoms with van der Waals surface area (Å²) in [7, 11) is 3.45. The molecule has 1 atom stereocenters. The van der Waals surface area contributed by atoms with Gasteiger partial charge in [-0.2, -0.15) is 0 Å². The zero-order valence-corrected chi connectivity index (χ0v) is 15.8. The van der Waals surface area contributed by atoms with E-state index in [4.69, 9.17) is 26.0 Å². The van der Waals surface area contributed by atoms with Crippen LogP contribution in [0.25, 0.3) is 6.08 Å². The molecule has 0 saturated heterocycles. The first-order chi connectivity index (χ1) is 11.7. The number of nitrogens with one attached hydrogen (secondary N) is 3. The molecule has 0 heterocycles. The van der Waals surface area contributed by atoms with E-state index in [2.05, 4.69) is 25.2 Å². The highest BCUT2D eigenvalue weighted by molar-refractivity contribution is 5.95. The molecule has 5 N–H and O–H groups in total. The van der Waals surface area contributed by atoms with Gasteiger partial charge in [0.25, 0.3) is 0 Å². The van der Waals surface area contributed by atoms with Crippen molar-refractivity contribution in [1.82, 2.24) is 5.32 Å². The van der Waals surface area contributed by atoms with E-state index in [-0.39, 0.29) is 23.4 Å². The number of nitrogen functional groups attached to an aromatic ring is 1. The zero-order chi connectivity index (χ0) is 19.0. The van der Waals surface area contributed by atoms with Crippen molar-refractivity contribution >= 4 is 17.8 Å². The minimum Gasteiger partial charge on any atom is -0.496 e. The molecule has 0 bridgehead atoms. The highest BCUT2D eigenvalue weighted by Gasteiger charge is 2.22. The van der Waals surface area contributed by atoms with Crippen molar-refractivity contribution in [3.63, 3.8) is 0 Å². The Bertz CT molecular complexity index is 638. The van der Waals surface area contributed by atoms with Gasteiger partial charge in [-0.05, 0) is 37.1 Å². The van der Waals surface area contributed by atoms with Gasteiger partial charge in [0, 0.05) is 24.5 Å². The molecule has 0 amide bonds. The third-order valence-corrected chi connectivity index (χ3v) is 3.89. The molecule has 0 fully saturated rings. The van der Waals surface area contributed by atoms with Crippen molar-refractivity contribution in [1.29, 1.82) is 10.8 Å². The topological polar surface area (TPSA) is 104 Å². The van der Waals surface area contributed by atoms with Gasteiger partial charge in [-0.15, -0.1) is 0 Å². The van der Waals surface area contributed by atoms with Gasteiger partial charge in [0.05, 0.1) is 7.11 Å². The number of hydrogen-bond donors (Lipinski definition) is 4. The van der Waals surface area contributed by atoms with E-state index in [1.54, 1.807) is 20.1 Å². The maximum absolute atomic E-state index is 7.56. The smallest absolute Gasteiger partial charge is 0.179 e. The van der Waals surface area contributed by atoms with E-state index >= 15 is 0 Å². The van der Waals surface area contributed by atoms with Crippen LogP contribution in [0.2, 0.25) is 0 Å². The van der Waals surface area contributed by atoms with Crippen LogP contribution in [-0.2, 0) is 4.74 Å². The first-order valence-electron chi connectivity index (χ1n) is 8.26. The SMILES string of the molecule is CNC(CC(C)(C)C/C=C/c1cc(C(=N)N)ccc1OC)OC(C)=N. The summed E-state index contributed by atoms with van der Waals surface area (Å²) in [6.07, 6.45) is 5.50. The lowest BCUT2D eigenvalue weighted by atomic mass is 9.84. The number of rotatable bonds is 9. The predicted octanol–water partition coefficient (Wildman–Crippen LogP) is 3.36. The van der Waals surface area contributed by atoms with Gasteiger partial charge in [0.1, 0.15) is 11.6 Å². The Kier molecular flexibility index (Phi) is 7.64.